The molecule has 2 rings (SSSR count). The molecule has 0 bridgehead atoms. The van der Waals surface area contributed by atoms with Crippen molar-refractivity contribution in [2.75, 3.05) is 26.5 Å². The van der Waals surface area contributed by atoms with E-state index in [1.807, 2.05) is 6.07 Å². The molecule has 0 aliphatic rings. The van der Waals surface area contributed by atoms with Crippen LogP contribution in [0.2, 0.25) is 0 Å². The summed E-state index contributed by atoms with van der Waals surface area (Å²) in [5, 5.41) is 13.7. The van der Waals surface area contributed by atoms with Gasteiger partial charge < -0.3 is 14.8 Å². The Bertz CT molecular complexity index is 922. The van der Waals surface area contributed by atoms with E-state index in [0.717, 1.165) is 29.5 Å². The molecule has 162 valence electrons. The first-order valence-electron chi connectivity index (χ1n) is 8.61. The van der Waals surface area contributed by atoms with Crippen LogP contribution in [0.25, 0.3) is 0 Å². The van der Waals surface area contributed by atoms with Gasteiger partial charge in [-0.3, -0.25) is 14.9 Å². The molecule has 0 saturated carbocycles. The third-order valence-corrected chi connectivity index (χ3v) is 5.09. The summed E-state index contributed by atoms with van der Waals surface area (Å²) in [6.07, 6.45) is -4.17. The summed E-state index contributed by atoms with van der Waals surface area (Å²) in [7, 11) is 3.04. The van der Waals surface area contributed by atoms with Crippen molar-refractivity contribution in [2.45, 2.75) is 17.5 Å². The smallest absolute Gasteiger partial charge is 0.416 e. The lowest BCUT2D eigenvalue weighted by atomic mass is 10.1. The SMILES string of the molecule is COc1ccc(CCNC(=O)CSc2ccc(C(F)(F)F)cc2[N+](=O)[O-])cc1OC. The summed E-state index contributed by atoms with van der Waals surface area (Å²) >= 11 is 0.802. The molecule has 1 N–H and O–H groups in total. The molecule has 0 atom stereocenters. The van der Waals surface area contributed by atoms with Crippen LogP contribution in [0.4, 0.5) is 18.9 Å². The van der Waals surface area contributed by atoms with E-state index in [9.17, 15) is 28.1 Å². The number of ether oxygens (including phenoxy) is 2. The van der Waals surface area contributed by atoms with Crippen LogP contribution in [0.15, 0.2) is 41.3 Å². The number of thioether (sulfide) groups is 1. The monoisotopic (exact) mass is 444 g/mol. The molecule has 2 aromatic carbocycles. The molecule has 0 aliphatic heterocycles. The number of hydrogen-bond acceptors (Lipinski definition) is 6. The summed E-state index contributed by atoms with van der Waals surface area (Å²) in [6.45, 7) is 0.310. The van der Waals surface area contributed by atoms with Gasteiger partial charge in [-0.2, -0.15) is 13.2 Å². The average Bonchev–Trinajstić information content (AvgIpc) is 2.71. The highest BCUT2D eigenvalue weighted by atomic mass is 32.2. The third kappa shape index (κ3) is 6.28. The van der Waals surface area contributed by atoms with Crippen LogP contribution in [0, 0.1) is 10.1 Å². The van der Waals surface area contributed by atoms with Gasteiger partial charge in [0.25, 0.3) is 5.69 Å². The molecule has 30 heavy (non-hydrogen) atoms. The molecule has 2 aromatic rings. The number of nitrogens with zero attached hydrogens (tertiary/aromatic N) is 1. The zero-order valence-corrected chi connectivity index (χ0v) is 16.9. The number of nitro groups is 1. The normalized spacial score (nSPS) is 11.1. The number of amides is 1. The van der Waals surface area contributed by atoms with Gasteiger partial charge in [0.1, 0.15) is 0 Å². The number of nitrogens with one attached hydrogen (secondary N) is 1. The number of benzene rings is 2. The minimum atomic E-state index is -4.69. The highest BCUT2D eigenvalue weighted by Gasteiger charge is 2.33. The van der Waals surface area contributed by atoms with Crippen molar-refractivity contribution in [2.24, 2.45) is 0 Å². The summed E-state index contributed by atoms with van der Waals surface area (Å²) < 4.78 is 48.6. The number of methoxy groups -OCH3 is 2. The predicted octanol–water partition coefficient (Wildman–Crippen LogP) is 4.08. The average molecular weight is 444 g/mol. The quantitative estimate of drug-likeness (QED) is 0.356. The van der Waals surface area contributed by atoms with Crippen LogP contribution in [-0.2, 0) is 17.4 Å². The zero-order chi connectivity index (χ0) is 22.3. The van der Waals surface area contributed by atoms with Crippen molar-refractivity contribution in [1.82, 2.24) is 5.32 Å². The van der Waals surface area contributed by atoms with Gasteiger partial charge >= 0.3 is 6.18 Å². The van der Waals surface area contributed by atoms with E-state index in [2.05, 4.69) is 5.32 Å². The first kappa shape index (κ1) is 23.3. The topological polar surface area (TPSA) is 90.7 Å². The molecular formula is C19H19F3N2O5S. The lowest BCUT2D eigenvalue weighted by Gasteiger charge is -2.10. The Hall–Kier alpha value is -2.95. The van der Waals surface area contributed by atoms with E-state index in [-0.39, 0.29) is 10.6 Å². The first-order chi connectivity index (χ1) is 14.2. The van der Waals surface area contributed by atoms with Gasteiger partial charge in [0, 0.05) is 12.6 Å². The van der Waals surface area contributed by atoms with Crippen molar-refractivity contribution < 1.29 is 32.4 Å². The standard InChI is InChI=1S/C19H19F3N2O5S/c1-28-15-5-3-12(9-16(15)29-2)7-8-23-18(25)11-30-17-6-4-13(19(20,21)22)10-14(17)24(26)27/h3-6,9-10H,7-8,11H2,1-2H3,(H,23,25). The number of nitro benzene ring substituents is 1. The Morgan fingerprint density at radius 1 is 1.13 bits per heavy atom. The van der Waals surface area contributed by atoms with Gasteiger partial charge in [-0.15, -0.1) is 11.8 Å². The second-order valence-corrected chi connectivity index (χ2v) is 7.03. The van der Waals surface area contributed by atoms with E-state index < -0.39 is 28.3 Å². The molecule has 0 saturated heterocycles. The highest BCUT2D eigenvalue weighted by Crippen LogP contribution is 2.36. The van der Waals surface area contributed by atoms with Crippen LogP contribution < -0.4 is 14.8 Å². The van der Waals surface area contributed by atoms with E-state index in [0.29, 0.717) is 30.5 Å². The molecule has 0 heterocycles. The third-order valence-electron chi connectivity index (χ3n) is 4.03. The van der Waals surface area contributed by atoms with Gasteiger partial charge in [0.05, 0.1) is 35.4 Å². The van der Waals surface area contributed by atoms with E-state index in [1.54, 1.807) is 12.1 Å². The Morgan fingerprint density at radius 2 is 1.83 bits per heavy atom. The van der Waals surface area contributed by atoms with Crippen LogP contribution in [0.5, 0.6) is 11.5 Å². The molecule has 0 unspecified atom stereocenters. The molecule has 11 heteroatoms. The summed E-state index contributed by atoms with van der Waals surface area (Å²) in [4.78, 5) is 22.2. The van der Waals surface area contributed by atoms with Gasteiger partial charge in [-0.05, 0) is 36.2 Å². The van der Waals surface area contributed by atoms with Gasteiger partial charge in [-0.1, -0.05) is 6.07 Å². The van der Waals surface area contributed by atoms with Crippen molar-refractivity contribution in [1.29, 1.82) is 0 Å². The van der Waals surface area contributed by atoms with Crippen LogP contribution in [-0.4, -0.2) is 37.3 Å². The largest absolute Gasteiger partial charge is 0.493 e. The summed E-state index contributed by atoms with van der Waals surface area (Å²) in [6, 6.07) is 7.58. The van der Waals surface area contributed by atoms with Gasteiger partial charge in [-0.25, -0.2) is 0 Å². The van der Waals surface area contributed by atoms with Crippen molar-refractivity contribution in [3.63, 3.8) is 0 Å². The molecule has 0 radical (unpaired) electrons. The lowest BCUT2D eigenvalue weighted by Crippen LogP contribution is -2.27. The van der Waals surface area contributed by atoms with E-state index in [1.165, 1.54) is 14.2 Å². The second kappa shape index (κ2) is 10.2. The lowest BCUT2D eigenvalue weighted by molar-refractivity contribution is -0.388. The van der Waals surface area contributed by atoms with Gasteiger partial charge in [0.2, 0.25) is 5.91 Å². The number of halogens is 3. The molecule has 0 fully saturated rings. The van der Waals surface area contributed by atoms with Crippen molar-refractivity contribution in [3.8, 4) is 11.5 Å². The Labute approximate surface area is 174 Å². The van der Waals surface area contributed by atoms with Crippen LogP contribution >= 0.6 is 11.8 Å². The fraction of sp³-hybridized carbons (Fsp3) is 0.316. The number of carbonyl (C=O) groups is 1. The number of carbonyl (C=O) groups excluding carboxylic acids is 1. The van der Waals surface area contributed by atoms with Crippen molar-refractivity contribution >= 4 is 23.4 Å². The maximum atomic E-state index is 12.7. The molecule has 1 amide bonds. The minimum absolute atomic E-state index is 0.0111. The molecular weight excluding hydrogens is 425 g/mol. The maximum absolute atomic E-state index is 12.7. The fourth-order valence-electron chi connectivity index (χ4n) is 2.54. The Balaban J connectivity index is 1.91. The molecule has 0 aromatic heterocycles. The summed E-state index contributed by atoms with van der Waals surface area (Å²) in [5.41, 5.74) is -0.898. The summed E-state index contributed by atoms with van der Waals surface area (Å²) in [5.74, 6) is 0.582. The van der Waals surface area contributed by atoms with Crippen molar-refractivity contribution in [3.05, 3.63) is 57.6 Å². The maximum Gasteiger partial charge on any atom is 0.416 e. The zero-order valence-electron chi connectivity index (χ0n) is 16.1. The molecule has 0 aliphatic carbocycles. The first-order valence-corrected chi connectivity index (χ1v) is 9.60. The second-order valence-electron chi connectivity index (χ2n) is 6.02. The number of alkyl halides is 3. The minimum Gasteiger partial charge on any atom is -0.493 e. The predicted molar refractivity (Wildman–Crippen MR) is 105 cm³/mol. The fourth-order valence-corrected chi connectivity index (χ4v) is 3.37. The Kier molecular flexibility index (Phi) is 7.93. The number of hydrogen-bond donors (Lipinski definition) is 1. The Morgan fingerprint density at radius 3 is 2.43 bits per heavy atom. The van der Waals surface area contributed by atoms with E-state index in [4.69, 9.17) is 9.47 Å². The van der Waals surface area contributed by atoms with E-state index >= 15 is 0 Å². The van der Waals surface area contributed by atoms with Crippen LogP contribution in [0.1, 0.15) is 11.1 Å². The highest BCUT2D eigenvalue weighted by molar-refractivity contribution is 8.00. The van der Waals surface area contributed by atoms with Crippen LogP contribution in [0.3, 0.4) is 0 Å². The number of rotatable bonds is 9. The molecule has 0 spiro atoms. The molecule has 7 nitrogen and oxygen atoms in total. The van der Waals surface area contributed by atoms with Gasteiger partial charge in [0.15, 0.2) is 11.5 Å².